The van der Waals surface area contributed by atoms with Crippen LogP contribution < -0.4 is 5.32 Å². The number of hydrogen-bond acceptors (Lipinski definition) is 3. The fourth-order valence-electron chi connectivity index (χ4n) is 3.30. The lowest BCUT2D eigenvalue weighted by Gasteiger charge is -2.21. The van der Waals surface area contributed by atoms with Gasteiger partial charge in [-0.05, 0) is 17.7 Å². The summed E-state index contributed by atoms with van der Waals surface area (Å²) < 4.78 is 0. The number of anilines is 1. The summed E-state index contributed by atoms with van der Waals surface area (Å²) in [5, 5.41) is 3.27. The average molecular weight is 434 g/mol. The van der Waals surface area contributed by atoms with Gasteiger partial charge in [-0.2, -0.15) is 0 Å². The predicted octanol–water partition coefficient (Wildman–Crippen LogP) is 3.44. The van der Waals surface area contributed by atoms with Gasteiger partial charge in [0.1, 0.15) is 0 Å². The molecule has 0 unspecified atom stereocenters. The number of amides is 3. The number of nitrogens with one attached hydrogen (secondary N) is 1. The molecule has 1 atom stereocenters. The Labute approximate surface area is 179 Å². The third-order valence-corrected chi connectivity index (χ3v) is 5.39. The first-order chi connectivity index (χ1) is 13.8. The highest BCUT2D eigenvalue weighted by Crippen LogP contribution is 2.29. The van der Waals surface area contributed by atoms with Gasteiger partial charge in [0.05, 0.1) is 28.2 Å². The molecular formula is C21H21Cl2N3O3. The fraction of sp³-hybridized carbons (Fsp3) is 0.286. The SMILES string of the molecule is CN(CC(=O)Nc1c(Cl)cccc1Cl)C(=O)[C@H]1CC(=O)N(Cc2ccccc2)C1. The number of rotatable bonds is 6. The Hall–Kier alpha value is -2.57. The molecule has 3 amide bonds. The van der Waals surface area contributed by atoms with E-state index in [0.717, 1.165) is 5.56 Å². The third-order valence-electron chi connectivity index (χ3n) is 4.76. The van der Waals surface area contributed by atoms with Crippen molar-refractivity contribution in [1.29, 1.82) is 0 Å². The lowest BCUT2D eigenvalue weighted by molar-refractivity contribution is -0.137. The molecule has 8 heteroatoms. The molecule has 1 aliphatic heterocycles. The summed E-state index contributed by atoms with van der Waals surface area (Å²) in [6.07, 6.45) is 0.147. The van der Waals surface area contributed by atoms with Crippen LogP contribution in [0.15, 0.2) is 48.5 Å². The van der Waals surface area contributed by atoms with Crippen molar-refractivity contribution in [2.24, 2.45) is 5.92 Å². The zero-order valence-corrected chi connectivity index (χ0v) is 17.4. The maximum absolute atomic E-state index is 12.7. The van der Waals surface area contributed by atoms with Crippen molar-refractivity contribution >= 4 is 46.6 Å². The van der Waals surface area contributed by atoms with Crippen LogP contribution in [0.4, 0.5) is 5.69 Å². The largest absolute Gasteiger partial charge is 0.338 e. The van der Waals surface area contributed by atoms with Crippen LogP contribution in [0.3, 0.4) is 0 Å². The molecular weight excluding hydrogens is 413 g/mol. The van der Waals surface area contributed by atoms with Gasteiger partial charge in [-0.15, -0.1) is 0 Å². The highest BCUT2D eigenvalue weighted by Gasteiger charge is 2.36. The van der Waals surface area contributed by atoms with Gasteiger partial charge < -0.3 is 15.1 Å². The smallest absolute Gasteiger partial charge is 0.244 e. The van der Waals surface area contributed by atoms with Gasteiger partial charge in [0, 0.05) is 26.6 Å². The van der Waals surface area contributed by atoms with E-state index in [1.807, 2.05) is 30.3 Å². The van der Waals surface area contributed by atoms with E-state index in [1.165, 1.54) is 4.90 Å². The zero-order valence-electron chi connectivity index (χ0n) is 15.9. The molecule has 2 aromatic rings. The van der Waals surface area contributed by atoms with Crippen LogP contribution in [-0.2, 0) is 20.9 Å². The molecule has 152 valence electrons. The fourth-order valence-corrected chi connectivity index (χ4v) is 3.79. The molecule has 0 aliphatic carbocycles. The molecule has 1 heterocycles. The van der Waals surface area contributed by atoms with Gasteiger partial charge in [-0.25, -0.2) is 0 Å². The number of para-hydroxylation sites is 1. The topological polar surface area (TPSA) is 69.7 Å². The lowest BCUT2D eigenvalue weighted by Crippen LogP contribution is -2.39. The van der Waals surface area contributed by atoms with Crippen LogP contribution in [0.5, 0.6) is 0 Å². The second kappa shape index (κ2) is 9.29. The number of carbonyl (C=O) groups excluding carboxylic acids is 3. The minimum absolute atomic E-state index is 0.0621. The van der Waals surface area contributed by atoms with Crippen LogP contribution in [0, 0.1) is 5.92 Å². The standard InChI is InChI=1S/C21H21Cl2N3O3/c1-25(13-18(27)24-20-16(22)8-5-9-17(20)23)21(29)15-10-19(28)26(12-15)11-14-6-3-2-4-7-14/h2-9,15H,10-13H2,1H3,(H,24,27)/t15-/m0/s1. The van der Waals surface area contributed by atoms with Gasteiger partial charge >= 0.3 is 0 Å². The summed E-state index contributed by atoms with van der Waals surface area (Å²) in [4.78, 5) is 40.3. The second-order valence-electron chi connectivity index (χ2n) is 7.00. The van der Waals surface area contributed by atoms with E-state index in [-0.39, 0.29) is 24.8 Å². The van der Waals surface area contributed by atoms with Crippen molar-refractivity contribution in [1.82, 2.24) is 9.80 Å². The predicted molar refractivity (Wildman–Crippen MR) is 113 cm³/mol. The number of nitrogens with zero attached hydrogens (tertiary/aromatic N) is 2. The quantitative estimate of drug-likeness (QED) is 0.758. The van der Waals surface area contributed by atoms with E-state index >= 15 is 0 Å². The number of carbonyl (C=O) groups is 3. The lowest BCUT2D eigenvalue weighted by atomic mass is 10.1. The number of halogens is 2. The molecule has 0 radical (unpaired) electrons. The third kappa shape index (κ3) is 5.28. The molecule has 0 bridgehead atoms. The van der Waals surface area contributed by atoms with Crippen LogP contribution in [-0.4, -0.2) is 47.7 Å². The van der Waals surface area contributed by atoms with Gasteiger partial charge in [0.25, 0.3) is 0 Å². The minimum Gasteiger partial charge on any atom is -0.338 e. The Kier molecular flexibility index (Phi) is 6.77. The summed E-state index contributed by atoms with van der Waals surface area (Å²) in [6.45, 7) is 0.650. The molecule has 2 aromatic carbocycles. The summed E-state index contributed by atoms with van der Waals surface area (Å²) >= 11 is 12.1. The summed E-state index contributed by atoms with van der Waals surface area (Å²) in [5.74, 6) is -1.18. The molecule has 29 heavy (non-hydrogen) atoms. The van der Waals surface area contributed by atoms with Gasteiger partial charge in [-0.3, -0.25) is 14.4 Å². The van der Waals surface area contributed by atoms with Crippen molar-refractivity contribution in [2.75, 3.05) is 25.5 Å². The Bertz CT molecular complexity index is 900. The van der Waals surface area contributed by atoms with Crippen LogP contribution in [0.2, 0.25) is 10.0 Å². The first-order valence-corrected chi connectivity index (χ1v) is 9.91. The maximum atomic E-state index is 12.7. The molecule has 0 spiro atoms. The monoisotopic (exact) mass is 433 g/mol. The van der Waals surface area contributed by atoms with Crippen molar-refractivity contribution in [3.8, 4) is 0 Å². The first-order valence-electron chi connectivity index (χ1n) is 9.15. The maximum Gasteiger partial charge on any atom is 0.244 e. The van der Waals surface area contributed by atoms with Crippen molar-refractivity contribution in [3.63, 3.8) is 0 Å². The molecule has 0 aromatic heterocycles. The van der Waals surface area contributed by atoms with Gasteiger partial charge in [0.2, 0.25) is 17.7 Å². The normalized spacial score (nSPS) is 16.0. The molecule has 0 saturated carbocycles. The van der Waals surface area contributed by atoms with Crippen molar-refractivity contribution in [2.45, 2.75) is 13.0 Å². The van der Waals surface area contributed by atoms with E-state index in [2.05, 4.69) is 5.32 Å². The molecule has 6 nitrogen and oxygen atoms in total. The van der Waals surface area contributed by atoms with Crippen molar-refractivity contribution in [3.05, 3.63) is 64.1 Å². The summed E-state index contributed by atoms with van der Waals surface area (Å²) in [7, 11) is 1.54. The average Bonchev–Trinajstić information content (AvgIpc) is 3.05. The Morgan fingerprint density at radius 2 is 1.76 bits per heavy atom. The van der Waals surface area contributed by atoms with E-state index in [9.17, 15) is 14.4 Å². The van der Waals surface area contributed by atoms with E-state index in [0.29, 0.717) is 28.8 Å². The summed E-state index contributed by atoms with van der Waals surface area (Å²) in [5.41, 5.74) is 1.32. The summed E-state index contributed by atoms with van der Waals surface area (Å²) in [6, 6.07) is 14.5. The number of likely N-dealkylation sites (N-methyl/N-ethyl adjacent to an activating group) is 1. The molecule has 3 rings (SSSR count). The Morgan fingerprint density at radius 3 is 2.41 bits per heavy atom. The van der Waals surface area contributed by atoms with Gasteiger partial charge in [0.15, 0.2) is 0 Å². The first kappa shape index (κ1) is 21.1. The number of hydrogen-bond donors (Lipinski definition) is 1. The minimum atomic E-state index is -0.465. The zero-order chi connectivity index (χ0) is 21.0. The van der Waals surface area contributed by atoms with E-state index in [4.69, 9.17) is 23.2 Å². The molecule has 1 fully saturated rings. The number of benzene rings is 2. The number of likely N-dealkylation sites (tertiary alicyclic amines) is 1. The van der Waals surface area contributed by atoms with E-state index in [1.54, 1.807) is 30.1 Å². The molecule has 1 N–H and O–H groups in total. The highest BCUT2D eigenvalue weighted by atomic mass is 35.5. The van der Waals surface area contributed by atoms with Crippen LogP contribution in [0.25, 0.3) is 0 Å². The molecule has 1 saturated heterocycles. The van der Waals surface area contributed by atoms with E-state index < -0.39 is 11.8 Å². The molecule has 1 aliphatic rings. The van der Waals surface area contributed by atoms with Crippen LogP contribution >= 0.6 is 23.2 Å². The van der Waals surface area contributed by atoms with Gasteiger partial charge in [-0.1, -0.05) is 59.6 Å². The highest BCUT2D eigenvalue weighted by molar-refractivity contribution is 6.39. The van der Waals surface area contributed by atoms with Crippen molar-refractivity contribution < 1.29 is 14.4 Å². The Balaban J connectivity index is 1.56. The van der Waals surface area contributed by atoms with Crippen LogP contribution in [0.1, 0.15) is 12.0 Å². The Morgan fingerprint density at radius 1 is 1.10 bits per heavy atom. The second-order valence-corrected chi connectivity index (χ2v) is 7.81.